The number of piperidine rings is 1. The molecule has 138 valence electrons. The molecule has 1 heterocycles. The molecule has 2 aromatic rings. The highest BCUT2D eigenvalue weighted by Crippen LogP contribution is 2.25. The van der Waals surface area contributed by atoms with Crippen LogP contribution in [0, 0.1) is 11.6 Å². The molecule has 0 unspecified atom stereocenters. The summed E-state index contributed by atoms with van der Waals surface area (Å²) in [4.78, 5) is 13.9. The van der Waals surface area contributed by atoms with Gasteiger partial charge in [0.2, 0.25) is 0 Å². The number of rotatable bonds is 3. The van der Waals surface area contributed by atoms with E-state index in [-0.39, 0.29) is 24.0 Å². The maximum atomic E-state index is 13.0. The van der Waals surface area contributed by atoms with Gasteiger partial charge in [-0.2, -0.15) is 0 Å². The largest absolute Gasteiger partial charge is 0.324 e. The van der Waals surface area contributed by atoms with Crippen LogP contribution >= 0.6 is 0 Å². The lowest BCUT2D eigenvalue weighted by Crippen LogP contribution is -2.44. The van der Waals surface area contributed by atoms with Gasteiger partial charge in [-0.05, 0) is 61.4 Å². The van der Waals surface area contributed by atoms with Crippen LogP contribution in [-0.2, 0) is 9.84 Å². The highest BCUT2D eigenvalue weighted by atomic mass is 32.2. The molecule has 0 aromatic heterocycles. The standard InChI is InChI=1S/C18H18F2N2O3S/c19-13-1-5-15(6-2-13)21-18(23)22-11-9-17(10-12-22)26(24,25)16-7-3-14(20)4-8-16/h1-8,17H,9-12H2,(H,21,23). The number of urea groups is 1. The van der Waals surface area contributed by atoms with Crippen molar-refractivity contribution >= 4 is 21.6 Å². The van der Waals surface area contributed by atoms with E-state index in [2.05, 4.69) is 5.32 Å². The maximum Gasteiger partial charge on any atom is 0.321 e. The topological polar surface area (TPSA) is 66.5 Å². The summed E-state index contributed by atoms with van der Waals surface area (Å²) >= 11 is 0. The second-order valence-corrected chi connectivity index (χ2v) is 8.35. The first-order chi connectivity index (χ1) is 12.4. The van der Waals surface area contributed by atoms with Crippen molar-refractivity contribution in [3.05, 3.63) is 60.2 Å². The monoisotopic (exact) mass is 380 g/mol. The van der Waals surface area contributed by atoms with Gasteiger partial charge in [0.25, 0.3) is 0 Å². The molecule has 1 aliphatic heterocycles. The summed E-state index contributed by atoms with van der Waals surface area (Å²) in [5, 5.41) is 2.05. The number of carbonyl (C=O) groups is 1. The minimum atomic E-state index is -3.56. The second kappa shape index (κ2) is 7.41. The third-order valence-corrected chi connectivity index (χ3v) is 6.68. The van der Waals surface area contributed by atoms with Gasteiger partial charge < -0.3 is 10.2 Å². The van der Waals surface area contributed by atoms with Crippen LogP contribution in [0.2, 0.25) is 0 Å². The highest BCUT2D eigenvalue weighted by Gasteiger charge is 2.32. The number of anilines is 1. The van der Waals surface area contributed by atoms with Gasteiger partial charge in [-0.15, -0.1) is 0 Å². The van der Waals surface area contributed by atoms with Crippen LogP contribution in [0.25, 0.3) is 0 Å². The summed E-state index contributed by atoms with van der Waals surface area (Å²) < 4.78 is 51.1. The number of nitrogens with zero attached hydrogens (tertiary/aromatic N) is 1. The fraction of sp³-hybridized carbons (Fsp3) is 0.278. The molecule has 0 bridgehead atoms. The second-order valence-electron chi connectivity index (χ2n) is 6.12. The van der Waals surface area contributed by atoms with Crippen molar-refractivity contribution in [2.75, 3.05) is 18.4 Å². The average molecular weight is 380 g/mol. The Balaban J connectivity index is 1.60. The average Bonchev–Trinajstić information content (AvgIpc) is 2.64. The van der Waals surface area contributed by atoms with E-state index in [1.165, 1.54) is 41.3 Å². The van der Waals surface area contributed by atoms with Crippen molar-refractivity contribution in [2.24, 2.45) is 0 Å². The Hall–Kier alpha value is -2.48. The number of likely N-dealkylation sites (tertiary alicyclic amines) is 1. The fourth-order valence-electron chi connectivity index (χ4n) is 2.92. The van der Waals surface area contributed by atoms with Crippen molar-refractivity contribution in [3.63, 3.8) is 0 Å². The Morgan fingerprint density at radius 1 is 0.923 bits per heavy atom. The lowest BCUT2D eigenvalue weighted by Gasteiger charge is -2.31. The molecule has 1 fully saturated rings. The van der Waals surface area contributed by atoms with E-state index < -0.39 is 26.7 Å². The van der Waals surface area contributed by atoms with Gasteiger partial charge in [0.05, 0.1) is 10.1 Å². The van der Waals surface area contributed by atoms with Crippen LogP contribution in [0.5, 0.6) is 0 Å². The zero-order valence-electron chi connectivity index (χ0n) is 13.9. The third kappa shape index (κ3) is 4.01. The molecule has 0 saturated carbocycles. The van der Waals surface area contributed by atoms with E-state index in [1.54, 1.807) is 0 Å². The summed E-state index contributed by atoms with van der Waals surface area (Å²) in [5.74, 6) is -0.883. The molecule has 3 rings (SSSR count). The van der Waals surface area contributed by atoms with Crippen LogP contribution in [0.3, 0.4) is 0 Å². The Labute approximate surface area is 150 Å². The summed E-state index contributed by atoms with van der Waals surface area (Å²) in [6.45, 7) is 0.580. The number of halogens is 2. The molecule has 1 N–H and O–H groups in total. The van der Waals surface area contributed by atoms with E-state index in [4.69, 9.17) is 0 Å². The van der Waals surface area contributed by atoms with E-state index >= 15 is 0 Å². The number of hydrogen-bond donors (Lipinski definition) is 1. The van der Waals surface area contributed by atoms with Crippen molar-refractivity contribution < 1.29 is 22.0 Å². The summed E-state index contributed by atoms with van der Waals surface area (Å²) in [6.07, 6.45) is 0.604. The van der Waals surface area contributed by atoms with Gasteiger partial charge >= 0.3 is 6.03 Å². The Morgan fingerprint density at radius 2 is 1.42 bits per heavy atom. The van der Waals surface area contributed by atoms with Gasteiger partial charge in [0.1, 0.15) is 11.6 Å². The molecular weight excluding hydrogens is 362 g/mol. The number of sulfone groups is 1. The predicted octanol–water partition coefficient (Wildman–Crippen LogP) is 3.44. The first-order valence-corrected chi connectivity index (χ1v) is 9.72. The fourth-order valence-corrected chi connectivity index (χ4v) is 4.65. The van der Waals surface area contributed by atoms with Crippen LogP contribution in [0.4, 0.5) is 19.3 Å². The summed E-state index contributed by atoms with van der Waals surface area (Å²) in [6, 6.07) is 9.83. The number of amides is 2. The lowest BCUT2D eigenvalue weighted by atomic mass is 10.1. The number of hydrogen-bond acceptors (Lipinski definition) is 3. The molecule has 2 amide bonds. The SMILES string of the molecule is O=C(Nc1ccc(F)cc1)N1CCC(S(=O)(=O)c2ccc(F)cc2)CC1. The van der Waals surface area contributed by atoms with Gasteiger partial charge in [-0.3, -0.25) is 0 Å². The Kier molecular flexibility index (Phi) is 5.22. The first-order valence-electron chi connectivity index (χ1n) is 8.17. The van der Waals surface area contributed by atoms with Crippen molar-refractivity contribution in [3.8, 4) is 0 Å². The zero-order valence-corrected chi connectivity index (χ0v) is 14.7. The van der Waals surface area contributed by atoms with E-state index in [9.17, 15) is 22.0 Å². The van der Waals surface area contributed by atoms with Gasteiger partial charge in [-0.25, -0.2) is 22.0 Å². The molecule has 1 saturated heterocycles. The number of benzene rings is 2. The Bertz CT molecular complexity index is 876. The molecule has 1 aliphatic rings. The van der Waals surface area contributed by atoms with Crippen LogP contribution in [0.1, 0.15) is 12.8 Å². The van der Waals surface area contributed by atoms with Gasteiger partial charge in [-0.1, -0.05) is 0 Å². The molecule has 26 heavy (non-hydrogen) atoms. The van der Waals surface area contributed by atoms with Gasteiger partial charge in [0.15, 0.2) is 9.84 Å². The van der Waals surface area contributed by atoms with Crippen molar-refractivity contribution in [1.29, 1.82) is 0 Å². The summed E-state index contributed by atoms with van der Waals surface area (Å²) in [5.41, 5.74) is 0.470. The molecular formula is C18H18F2N2O3S. The van der Waals surface area contributed by atoms with E-state index in [0.29, 0.717) is 18.5 Å². The minimum absolute atomic E-state index is 0.0908. The van der Waals surface area contributed by atoms with Crippen molar-refractivity contribution in [2.45, 2.75) is 23.0 Å². The number of carbonyl (C=O) groups excluding carboxylic acids is 1. The lowest BCUT2D eigenvalue weighted by molar-refractivity contribution is 0.200. The van der Waals surface area contributed by atoms with Crippen molar-refractivity contribution in [1.82, 2.24) is 4.90 Å². The molecule has 0 aliphatic carbocycles. The molecule has 5 nitrogen and oxygen atoms in total. The molecule has 0 spiro atoms. The van der Waals surface area contributed by atoms with E-state index in [0.717, 1.165) is 12.1 Å². The third-order valence-electron chi connectivity index (χ3n) is 4.41. The van der Waals surface area contributed by atoms with Gasteiger partial charge in [0, 0.05) is 18.8 Å². The minimum Gasteiger partial charge on any atom is -0.324 e. The molecule has 8 heteroatoms. The van der Waals surface area contributed by atoms with E-state index in [1.807, 2.05) is 0 Å². The number of nitrogens with one attached hydrogen (secondary N) is 1. The smallest absolute Gasteiger partial charge is 0.321 e. The highest BCUT2D eigenvalue weighted by molar-refractivity contribution is 7.92. The maximum absolute atomic E-state index is 13.0. The molecule has 0 atom stereocenters. The Morgan fingerprint density at radius 3 is 1.96 bits per heavy atom. The van der Waals surface area contributed by atoms with Crippen LogP contribution < -0.4 is 5.32 Å². The predicted molar refractivity (Wildman–Crippen MR) is 93.6 cm³/mol. The van der Waals surface area contributed by atoms with Crippen LogP contribution in [-0.4, -0.2) is 37.7 Å². The molecule has 2 aromatic carbocycles. The zero-order chi connectivity index (χ0) is 18.7. The quantitative estimate of drug-likeness (QED) is 0.830. The van der Waals surface area contributed by atoms with Crippen LogP contribution in [0.15, 0.2) is 53.4 Å². The first kappa shape index (κ1) is 18.3. The summed E-state index contributed by atoms with van der Waals surface area (Å²) in [7, 11) is -3.56. The molecule has 0 radical (unpaired) electrons. The normalized spacial score (nSPS) is 15.7.